The Hall–Kier alpha value is -4.32. The van der Waals surface area contributed by atoms with Crippen molar-refractivity contribution in [3.63, 3.8) is 0 Å². The zero-order valence-electron chi connectivity index (χ0n) is 39.3. The summed E-state index contributed by atoms with van der Waals surface area (Å²) >= 11 is 10.9. The molecule has 0 aliphatic heterocycles. The molecule has 9 heteroatoms. The summed E-state index contributed by atoms with van der Waals surface area (Å²) in [5, 5.41) is 18.1. The molecule has 0 aliphatic carbocycles. The number of aliphatic imine (C=N–C) groups is 1. The van der Waals surface area contributed by atoms with E-state index in [2.05, 4.69) is 148 Å². The van der Waals surface area contributed by atoms with E-state index in [9.17, 15) is 5.11 Å². The molecule has 1 N–H and O–H groups in total. The van der Waals surface area contributed by atoms with Gasteiger partial charge in [0.2, 0.25) is 0 Å². The van der Waals surface area contributed by atoms with Crippen molar-refractivity contribution in [1.29, 1.82) is 5.41 Å². The Kier molecular flexibility index (Phi) is 22.6. The third-order valence-corrected chi connectivity index (χ3v) is 14.3. The van der Waals surface area contributed by atoms with Crippen LogP contribution in [0.5, 0.6) is 0 Å². The fraction of sp³-hybridized carbons (Fsp3) is 0.158. The van der Waals surface area contributed by atoms with Crippen molar-refractivity contribution in [3.8, 4) is 19.5 Å². The SMILES string of the molecule is CC(C)(C)[O-].Cc1ccc(-c2sc(C)cc2Br)s1.Cc1ccc(-c2sc(C)cc2N=C(c2ccccc2)c2ccccc2)s1.Cc1ccccc1.N=C(c1ccccc1)c1ccccc1.[Na+]. The van der Waals surface area contributed by atoms with Crippen LogP contribution in [0.2, 0.25) is 0 Å². The Bertz CT molecular complexity index is 2730. The summed E-state index contributed by atoms with van der Waals surface area (Å²) in [4.78, 5) is 15.7. The summed E-state index contributed by atoms with van der Waals surface area (Å²) in [7, 11) is 0. The van der Waals surface area contributed by atoms with E-state index in [1.54, 1.807) is 20.8 Å². The molecule has 0 bridgehead atoms. The monoisotopic (exact) mass is 1010 g/mol. The van der Waals surface area contributed by atoms with Crippen LogP contribution >= 0.6 is 61.3 Å². The number of hydrogen-bond donors (Lipinski definition) is 1. The molecule has 0 unspecified atom stereocenters. The van der Waals surface area contributed by atoms with Crippen molar-refractivity contribution in [2.45, 2.75) is 61.0 Å². The van der Waals surface area contributed by atoms with Crippen LogP contribution in [0.25, 0.3) is 19.5 Å². The van der Waals surface area contributed by atoms with Gasteiger partial charge in [-0.3, -0.25) is 5.41 Å². The van der Waals surface area contributed by atoms with Crippen LogP contribution in [0.3, 0.4) is 0 Å². The third-order valence-electron chi connectivity index (χ3n) is 8.97. The van der Waals surface area contributed by atoms with E-state index in [-0.39, 0.29) is 29.6 Å². The topological polar surface area (TPSA) is 59.3 Å². The van der Waals surface area contributed by atoms with Gasteiger partial charge < -0.3 is 5.11 Å². The van der Waals surface area contributed by atoms with Gasteiger partial charge in [0.15, 0.2) is 0 Å². The second kappa shape index (κ2) is 27.5. The number of nitrogens with zero attached hydrogens (tertiary/aromatic N) is 1. The second-order valence-electron chi connectivity index (χ2n) is 16.0. The molecule has 0 saturated carbocycles. The van der Waals surface area contributed by atoms with Gasteiger partial charge in [0.05, 0.1) is 26.9 Å². The number of benzene rings is 5. The van der Waals surface area contributed by atoms with E-state index in [1.165, 1.54) is 49.1 Å². The van der Waals surface area contributed by atoms with Crippen molar-refractivity contribution >= 4 is 78.4 Å². The summed E-state index contributed by atoms with van der Waals surface area (Å²) in [6.45, 7) is 15.6. The number of aryl methyl sites for hydroxylation is 5. The van der Waals surface area contributed by atoms with E-state index in [1.807, 2.05) is 136 Å². The first-order valence-corrected chi connectivity index (χ1v) is 25.3. The van der Waals surface area contributed by atoms with Crippen molar-refractivity contribution in [3.05, 3.63) is 240 Å². The molecule has 332 valence electrons. The smallest absolute Gasteiger partial charge is 0.850 e. The molecule has 4 aromatic heterocycles. The fourth-order valence-electron chi connectivity index (χ4n) is 6.04. The number of hydrogen-bond acceptors (Lipinski definition) is 7. The number of nitrogens with one attached hydrogen (secondary N) is 1. The van der Waals surface area contributed by atoms with Gasteiger partial charge >= 0.3 is 29.6 Å². The van der Waals surface area contributed by atoms with Crippen LogP contribution in [0.1, 0.15) is 68.1 Å². The van der Waals surface area contributed by atoms with Gasteiger partial charge in [-0.15, -0.1) is 50.9 Å². The van der Waals surface area contributed by atoms with Crippen molar-refractivity contribution in [2.75, 3.05) is 0 Å². The summed E-state index contributed by atoms with van der Waals surface area (Å²) in [5.41, 5.74) is 7.40. The maximum atomic E-state index is 10.1. The number of thiophene rings is 4. The van der Waals surface area contributed by atoms with Gasteiger partial charge in [-0.2, -0.15) is 0 Å². The minimum atomic E-state index is -0.750. The van der Waals surface area contributed by atoms with Crippen LogP contribution in [0, 0.1) is 40.0 Å². The van der Waals surface area contributed by atoms with Crippen LogP contribution in [-0.4, -0.2) is 17.0 Å². The Morgan fingerprint density at radius 3 is 1.15 bits per heavy atom. The molecule has 3 nitrogen and oxygen atoms in total. The van der Waals surface area contributed by atoms with Gasteiger partial charge in [0.1, 0.15) is 0 Å². The predicted octanol–water partition coefficient (Wildman–Crippen LogP) is 14.4. The van der Waals surface area contributed by atoms with Crippen LogP contribution < -0.4 is 34.7 Å². The van der Waals surface area contributed by atoms with Crippen molar-refractivity contribution in [1.82, 2.24) is 0 Å². The molecule has 0 saturated heterocycles. The summed E-state index contributed by atoms with van der Waals surface area (Å²) in [5.74, 6) is 0. The zero-order valence-corrected chi connectivity index (χ0v) is 46.1. The van der Waals surface area contributed by atoms with Crippen molar-refractivity contribution in [2.24, 2.45) is 4.99 Å². The first-order valence-electron chi connectivity index (χ1n) is 21.3. The molecule has 9 aromatic rings. The minimum absolute atomic E-state index is 0. The molecule has 66 heavy (non-hydrogen) atoms. The standard InChI is InChI=1S/C23H19NS2.C13H11N.C10H9BrS2.C7H8.C4H9O.Na/c1-16-13-14-21(25-16)23-20(15-17(2)26-23)24-22(18-9-5-3-6-10-18)19-11-7-4-8-12-19;14-13(11-7-3-1-4-8-11)12-9-5-2-6-10-12;1-6-3-4-9(12-6)10-8(11)5-7(2)13-10;1-7-5-3-2-4-6-7;1-4(2,3)5;/h3-15H,1-2H3;1-10,14H;3-5H,1-2H3;2-6H,1H3;1-3H3;/q;;;;-1;+1. The van der Waals surface area contributed by atoms with Crippen LogP contribution in [-0.2, 0) is 0 Å². The molecule has 0 atom stereocenters. The largest absolute Gasteiger partial charge is 1.00 e. The molecule has 0 aliphatic rings. The molecule has 0 spiro atoms. The molecular weight excluding hydrogens is 960 g/mol. The van der Waals surface area contributed by atoms with E-state index in [4.69, 9.17) is 10.4 Å². The molecule has 4 heterocycles. The molecule has 0 amide bonds. The van der Waals surface area contributed by atoms with Gasteiger partial charge in [-0.25, -0.2) is 4.99 Å². The van der Waals surface area contributed by atoms with Gasteiger partial charge in [0, 0.05) is 44.9 Å². The maximum Gasteiger partial charge on any atom is 1.00 e. The first-order chi connectivity index (χ1) is 31.1. The quantitative estimate of drug-likeness (QED) is 0.125. The molecular formula is C57H56BrN2NaOS4. The number of halogens is 1. The Morgan fingerprint density at radius 1 is 0.470 bits per heavy atom. The summed E-state index contributed by atoms with van der Waals surface area (Å²) < 4.78 is 1.22. The van der Waals surface area contributed by atoms with Crippen molar-refractivity contribution < 1.29 is 34.7 Å². The maximum absolute atomic E-state index is 10.1. The zero-order chi connectivity index (χ0) is 46.8. The Balaban J connectivity index is 0.000000202. The average Bonchev–Trinajstić information content (AvgIpc) is 4.11. The van der Waals surface area contributed by atoms with E-state index < -0.39 is 5.60 Å². The van der Waals surface area contributed by atoms with Gasteiger partial charge in [-0.05, 0) is 98.1 Å². The minimum Gasteiger partial charge on any atom is -0.850 e. The average molecular weight is 1020 g/mol. The van der Waals surface area contributed by atoms with Gasteiger partial charge in [-0.1, -0.05) is 178 Å². The summed E-state index contributed by atoms with van der Waals surface area (Å²) in [6.07, 6.45) is 0. The Labute approximate surface area is 439 Å². The van der Waals surface area contributed by atoms with Crippen LogP contribution in [0.4, 0.5) is 5.69 Å². The Morgan fingerprint density at radius 2 is 0.818 bits per heavy atom. The van der Waals surface area contributed by atoms with E-state index >= 15 is 0 Å². The van der Waals surface area contributed by atoms with Gasteiger partial charge in [0.25, 0.3) is 0 Å². The van der Waals surface area contributed by atoms with Crippen LogP contribution in [0.15, 0.2) is 198 Å². The predicted molar refractivity (Wildman–Crippen MR) is 290 cm³/mol. The normalized spacial score (nSPS) is 10.2. The second-order valence-corrected chi connectivity index (χ2v) is 21.9. The van der Waals surface area contributed by atoms with E-state index in [0.29, 0.717) is 5.71 Å². The summed E-state index contributed by atoms with van der Waals surface area (Å²) in [6, 6.07) is 63.8. The molecule has 9 rings (SSSR count). The molecule has 5 aromatic carbocycles. The number of rotatable bonds is 7. The first kappa shape index (κ1) is 54.3. The third kappa shape index (κ3) is 18.4. The molecule has 0 fully saturated rings. The van der Waals surface area contributed by atoms with E-state index in [0.717, 1.165) is 33.7 Å². The molecule has 0 radical (unpaired) electrons. The fourth-order valence-corrected chi connectivity index (χ4v) is 11.0.